The molecule has 2 aromatic rings. The maximum atomic E-state index is 12.9. The largest absolute Gasteiger partial charge is 0.466 e. The van der Waals surface area contributed by atoms with Gasteiger partial charge in [-0.25, -0.2) is 4.79 Å². The van der Waals surface area contributed by atoms with Gasteiger partial charge in [0, 0.05) is 30.2 Å². The van der Waals surface area contributed by atoms with Gasteiger partial charge in [-0.1, -0.05) is 25.5 Å². The van der Waals surface area contributed by atoms with Crippen LogP contribution in [0.5, 0.6) is 0 Å². The molecule has 0 fully saturated rings. The molecule has 0 radical (unpaired) electrons. The van der Waals surface area contributed by atoms with Crippen molar-refractivity contribution in [2.75, 3.05) is 18.5 Å². The molecule has 1 aromatic carbocycles. The molecule has 0 saturated carbocycles. The summed E-state index contributed by atoms with van der Waals surface area (Å²) in [7, 11) is 0. The van der Waals surface area contributed by atoms with Crippen LogP contribution in [0.3, 0.4) is 0 Å². The SMILES string of the molecule is CCC[C@H]1c2ccc(C)n2CCN1C(=O)Nc1ccc(CC(=O)OCC)cc1. The molecule has 6 heteroatoms. The molecule has 28 heavy (non-hydrogen) atoms. The molecule has 1 aliphatic rings. The fourth-order valence-electron chi connectivity index (χ4n) is 3.81. The van der Waals surface area contributed by atoms with Gasteiger partial charge in [-0.2, -0.15) is 0 Å². The van der Waals surface area contributed by atoms with Crippen LogP contribution in [-0.4, -0.2) is 34.6 Å². The van der Waals surface area contributed by atoms with E-state index in [1.807, 2.05) is 29.2 Å². The van der Waals surface area contributed by atoms with Crippen LogP contribution in [0.4, 0.5) is 10.5 Å². The first kappa shape index (κ1) is 20.0. The Morgan fingerprint density at radius 2 is 1.86 bits per heavy atom. The summed E-state index contributed by atoms with van der Waals surface area (Å²) in [6, 6.07) is 11.6. The summed E-state index contributed by atoms with van der Waals surface area (Å²) in [5.74, 6) is -0.242. The van der Waals surface area contributed by atoms with Crippen molar-refractivity contribution < 1.29 is 14.3 Å². The quantitative estimate of drug-likeness (QED) is 0.757. The van der Waals surface area contributed by atoms with Crippen LogP contribution in [0.15, 0.2) is 36.4 Å². The molecular formula is C22H29N3O3. The van der Waals surface area contributed by atoms with E-state index in [4.69, 9.17) is 4.74 Å². The molecule has 0 saturated heterocycles. The van der Waals surface area contributed by atoms with Gasteiger partial charge < -0.3 is 19.5 Å². The summed E-state index contributed by atoms with van der Waals surface area (Å²) in [5, 5.41) is 3.00. The maximum Gasteiger partial charge on any atom is 0.322 e. The second-order valence-electron chi connectivity index (χ2n) is 7.16. The fourth-order valence-corrected chi connectivity index (χ4v) is 3.81. The fraction of sp³-hybridized carbons (Fsp3) is 0.455. The highest BCUT2D eigenvalue weighted by atomic mass is 16.5. The summed E-state index contributed by atoms with van der Waals surface area (Å²) >= 11 is 0. The van der Waals surface area contributed by atoms with Gasteiger partial charge in [0.05, 0.1) is 19.1 Å². The molecule has 0 bridgehead atoms. The number of amides is 2. The average Bonchev–Trinajstić information content (AvgIpc) is 3.05. The number of nitrogens with zero attached hydrogens (tertiary/aromatic N) is 2. The van der Waals surface area contributed by atoms with Gasteiger partial charge in [-0.05, 0) is 50.1 Å². The first-order valence-electron chi connectivity index (χ1n) is 10.0. The minimum absolute atomic E-state index is 0.0818. The Hall–Kier alpha value is -2.76. The van der Waals surface area contributed by atoms with Crippen molar-refractivity contribution in [1.82, 2.24) is 9.47 Å². The van der Waals surface area contributed by atoms with Gasteiger partial charge in [0.25, 0.3) is 0 Å². The number of carbonyl (C=O) groups excluding carboxylic acids is 2. The van der Waals surface area contributed by atoms with Crippen LogP contribution < -0.4 is 5.32 Å². The number of fused-ring (bicyclic) bond motifs is 1. The number of urea groups is 1. The summed E-state index contributed by atoms with van der Waals surface area (Å²) < 4.78 is 7.28. The minimum Gasteiger partial charge on any atom is -0.466 e. The number of nitrogens with one attached hydrogen (secondary N) is 1. The molecule has 0 unspecified atom stereocenters. The zero-order valence-corrected chi connectivity index (χ0v) is 16.9. The van der Waals surface area contributed by atoms with E-state index in [0.717, 1.165) is 30.6 Å². The summed E-state index contributed by atoms with van der Waals surface area (Å²) in [6.07, 6.45) is 2.19. The van der Waals surface area contributed by atoms with Crippen molar-refractivity contribution in [2.45, 2.75) is 52.6 Å². The molecule has 1 aromatic heterocycles. The molecule has 1 N–H and O–H groups in total. The van der Waals surface area contributed by atoms with Crippen LogP contribution in [0.2, 0.25) is 0 Å². The van der Waals surface area contributed by atoms with Gasteiger partial charge in [-0.15, -0.1) is 0 Å². The summed E-state index contributed by atoms with van der Waals surface area (Å²) in [4.78, 5) is 26.5. The monoisotopic (exact) mass is 383 g/mol. The molecule has 1 atom stereocenters. The Morgan fingerprint density at radius 3 is 2.54 bits per heavy atom. The summed E-state index contributed by atoms with van der Waals surface area (Å²) in [6.45, 7) is 7.94. The van der Waals surface area contributed by atoms with Crippen LogP contribution in [0.25, 0.3) is 0 Å². The Labute approximate surface area is 166 Å². The molecular weight excluding hydrogens is 354 g/mol. The predicted molar refractivity (Wildman–Crippen MR) is 109 cm³/mol. The highest BCUT2D eigenvalue weighted by Crippen LogP contribution is 2.31. The van der Waals surface area contributed by atoms with Crippen molar-refractivity contribution in [3.8, 4) is 0 Å². The predicted octanol–water partition coefficient (Wildman–Crippen LogP) is 4.29. The lowest BCUT2D eigenvalue weighted by Gasteiger charge is -2.37. The van der Waals surface area contributed by atoms with Crippen molar-refractivity contribution in [2.24, 2.45) is 0 Å². The maximum absolute atomic E-state index is 12.9. The number of aromatic nitrogens is 1. The number of esters is 1. The average molecular weight is 383 g/mol. The lowest BCUT2D eigenvalue weighted by molar-refractivity contribution is -0.142. The van der Waals surface area contributed by atoms with Crippen molar-refractivity contribution in [3.63, 3.8) is 0 Å². The standard InChI is InChI=1S/C22H29N3O3/c1-4-6-19-20-12-7-16(3)24(20)13-14-25(19)22(27)23-18-10-8-17(9-11-18)15-21(26)28-5-2/h7-12,19H,4-6,13-15H2,1-3H3,(H,23,27)/t19-/m0/s1. The Morgan fingerprint density at radius 1 is 1.11 bits per heavy atom. The van der Waals surface area contributed by atoms with Crippen molar-refractivity contribution >= 4 is 17.7 Å². The number of hydrogen-bond acceptors (Lipinski definition) is 3. The minimum atomic E-state index is -0.242. The number of hydrogen-bond donors (Lipinski definition) is 1. The van der Waals surface area contributed by atoms with Crippen LogP contribution >= 0.6 is 0 Å². The van der Waals surface area contributed by atoms with E-state index in [-0.39, 0.29) is 24.5 Å². The Bertz CT molecular complexity index is 826. The molecule has 6 nitrogen and oxygen atoms in total. The normalized spacial score (nSPS) is 15.8. The smallest absolute Gasteiger partial charge is 0.322 e. The van der Waals surface area contributed by atoms with Gasteiger partial charge >= 0.3 is 12.0 Å². The first-order chi connectivity index (χ1) is 13.5. The molecule has 0 spiro atoms. The van der Waals surface area contributed by atoms with E-state index >= 15 is 0 Å². The van der Waals surface area contributed by atoms with E-state index < -0.39 is 0 Å². The van der Waals surface area contributed by atoms with E-state index in [1.54, 1.807) is 6.92 Å². The number of benzene rings is 1. The highest BCUT2D eigenvalue weighted by molar-refractivity contribution is 5.89. The third kappa shape index (κ3) is 4.38. The zero-order chi connectivity index (χ0) is 20.1. The molecule has 150 valence electrons. The van der Waals surface area contributed by atoms with Gasteiger partial charge in [0.1, 0.15) is 0 Å². The van der Waals surface area contributed by atoms with Crippen LogP contribution in [0.1, 0.15) is 49.7 Å². The number of carbonyl (C=O) groups is 2. The number of ether oxygens (including phenoxy) is 1. The van der Waals surface area contributed by atoms with E-state index in [2.05, 4.69) is 35.9 Å². The summed E-state index contributed by atoms with van der Waals surface area (Å²) in [5.41, 5.74) is 4.05. The number of aryl methyl sites for hydroxylation is 1. The third-order valence-electron chi connectivity index (χ3n) is 5.20. The molecule has 2 heterocycles. The zero-order valence-electron chi connectivity index (χ0n) is 16.9. The third-order valence-corrected chi connectivity index (χ3v) is 5.20. The van der Waals surface area contributed by atoms with E-state index in [0.29, 0.717) is 13.2 Å². The second kappa shape index (κ2) is 8.95. The topological polar surface area (TPSA) is 63.6 Å². The number of anilines is 1. The first-order valence-corrected chi connectivity index (χ1v) is 10.0. The molecule has 3 rings (SSSR count). The Kier molecular flexibility index (Phi) is 6.39. The van der Waals surface area contributed by atoms with Gasteiger partial charge in [-0.3, -0.25) is 4.79 Å². The highest BCUT2D eigenvalue weighted by Gasteiger charge is 2.31. The lowest BCUT2D eigenvalue weighted by atomic mass is 10.0. The van der Waals surface area contributed by atoms with Crippen LogP contribution in [-0.2, 0) is 22.5 Å². The van der Waals surface area contributed by atoms with Crippen molar-refractivity contribution in [1.29, 1.82) is 0 Å². The van der Waals surface area contributed by atoms with Gasteiger partial charge in [0.2, 0.25) is 0 Å². The lowest BCUT2D eigenvalue weighted by Crippen LogP contribution is -2.44. The van der Waals surface area contributed by atoms with Crippen LogP contribution in [0, 0.1) is 6.92 Å². The van der Waals surface area contributed by atoms with Crippen molar-refractivity contribution in [3.05, 3.63) is 53.3 Å². The molecule has 2 amide bonds. The van der Waals surface area contributed by atoms with E-state index in [9.17, 15) is 9.59 Å². The van der Waals surface area contributed by atoms with Gasteiger partial charge in [0.15, 0.2) is 0 Å². The van der Waals surface area contributed by atoms with E-state index in [1.165, 1.54) is 11.4 Å². The molecule has 0 aliphatic carbocycles. The second-order valence-corrected chi connectivity index (χ2v) is 7.16. The number of rotatable bonds is 6. The Balaban J connectivity index is 1.67. The molecule has 1 aliphatic heterocycles.